The van der Waals surface area contributed by atoms with Crippen molar-refractivity contribution < 1.29 is 4.79 Å². The smallest absolute Gasteiger partial charge is 0.329 e. The van der Waals surface area contributed by atoms with E-state index in [4.69, 9.17) is 0 Å². The Labute approximate surface area is 145 Å². The lowest BCUT2D eigenvalue weighted by Crippen LogP contribution is -2.44. The Morgan fingerprint density at radius 1 is 1.17 bits per heavy atom. The van der Waals surface area contributed by atoms with Gasteiger partial charge in [-0.25, -0.2) is 4.79 Å². The van der Waals surface area contributed by atoms with Gasteiger partial charge < -0.3 is 9.88 Å². The van der Waals surface area contributed by atoms with Gasteiger partial charge in [-0.3, -0.25) is 14.2 Å². The molecule has 1 aliphatic heterocycles. The highest BCUT2D eigenvalue weighted by Gasteiger charge is 2.27. The molecule has 1 amide bonds. The van der Waals surface area contributed by atoms with Crippen LogP contribution >= 0.6 is 22.7 Å². The number of carbonyl (C=O) groups excluding carboxylic acids is 1. The largest absolute Gasteiger partial charge is 0.338 e. The summed E-state index contributed by atoms with van der Waals surface area (Å²) in [6.07, 6.45) is 1.21. The predicted octanol–water partition coefficient (Wildman–Crippen LogP) is 2.29. The molecule has 0 unspecified atom stereocenters. The zero-order chi connectivity index (χ0) is 16.7. The minimum atomic E-state index is -0.367. The Morgan fingerprint density at radius 2 is 1.96 bits per heavy atom. The first-order chi connectivity index (χ1) is 11.6. The molecule has 0 radical (unpaired) electrons. The minimum absolute atomic E-state index is 0.0182. The number of piperidine rings is 1. The molecular formula is C16H15N3O3S2. The Hall–Kier alpha value is -2.19. The van der Waals surface area contributed by atoms with E-state index in [1.54, 1.807) is 16.3 Å². The Kier molecular flexibility index (Phi) is 3.85. The van der Waals surface area contributed by atoms with Crippen molar-refractivity contribution in [3.8, 4) is 0 Å². The van der Waals surface area contributed by atoms with Crippen LogP contribution in [0.15, 0.2) is 37.9 Å². The van der Waals surface area contributed by atoms with Crippen LogP contribution in [0.1, 0.15) is 29.2 Å². The summed E-state index contributed by atoms with van der Waals surface area (Å²) in [5, 5.41) is 5.53. The maximum absolute atomic E-state index is 12.6. The van der Waals surface area contributed by atoms with Crippen LogP contribution in [0.3, 0.4) is 0 Å². The number of aromatic nitrogens is 2. The van der Waals surface area contributed by atoms with E-state index >= 15 is 0 Å². The van der Waals surface area contributed by atoms with Gasteiger partial charge in [0.1, 0.15) is 4.70 Å². The normalized spacial score (nSPS) is 15.9. The van der Waals surface area contributed by atoms with E-state index in [1.807, 2.05) is 16.8 Å². The fourth-order valence-corrected chi connectivity index (χ4v) is 4.59. The van der Waals surface area contributed by atoms with Gasteiger partial charge in [0.15, 0.2) is 0 Å². The molecule has 0 spiro atoms. The lowest BCUT2D eigenvalue weighted by atomic mass is 10.0. The standard InChI is InChI=1S/C16H15N3O3S2/c20-14(10-3-7-23-9-10)18-5-1-11(2-6-18)19-15(21)13-12(4-8-24-13)17-16(19)22/h3-4,7-9,11H,1-2,5-6H2,(H,17,22). The topological polar surface area (TPSA) is 75.2 Å². The fraction of sp³-hybridized carbons (Fsp3) is 0.312. The number of nitrogens with zero attached hydrogens (tertiary/aromatic N) is 2. The van der Waals surface area contributed by atoms with Crippen LogP contribution in [-0.2, 0) is 0 Å². The van der Waals surface area contributed by atoms with Crippen molar-refractivity contribution in [3.63, 3.8) is 0 Å². The van der Waals surface area contributed by atoms with E-state index < -0.39 is 0 Å². The van der Waals surface area contributed by atoms with E-state index in [0.29, 0.717) is 41.7 Å². The second-order valence-electron chi connectivity index (χ2n) is 5.80. The number of rotatable bonds is 2. The first kappa shape index (κ1) is 15.3. The summed E-state index contributed by atoms with van der Waals surface area (Å²) in [5.74, 6) is 0.0182. The molecule has 0 aromatic carbocycles. The van der Waals surface area contributed by atoms with Gasteiger partial charge in [-0.2, -0.15) is 11.3 Å². The Balaban J connectivity index is 1.57. The van der Waals surface area contributed by atoms with Crippen LogP contribution < -0.4 is 11.2 Å². The summed E-state index contributed by atoms with van der Waals surface area (Å²) in [6.45, 7) is 1.10. The molecule has 8 heteroatoms. The summed E-state index contributed by atoms with van der Waals surface area (Å²) < 4.78 is 1.90. The second kappa shape index (κ2) is 6.03. The van der Waals surface area contributed by atoms with Crippen molar-refractivity contribution in [1.29, 1.82) is 0 Å². The summed E-state index contributed by atoms with van der Waals surface area (Å²) in [6, 6.07) is 3.40. The quantitative estimate of drug-likeness (QED) is 0.761. The molecule has 0 saturated carbocycles. The van der Waals surface area contributed by atoms with Crippen LogP contribution in [0.4, 0.5) is 0 Å². The van der Waals surface area contributed by atoms with E-state index in [0.717, 1.165) is 0 Å². The second-order valence-corrected chi connectivity index (χ2v) is 7.50. The molecule has 3 aromatic heterocycles. The molecular weight excluding hydrogens is 346 g/mol. The number of thiophene rings is 2. The van der Waals surface area contributed by atoms with Crippen molar-refractivity contribution in [2.24, 2.45) is 0 Å². The summed E-state index contributed by atoms with van der Waals surface area (Å²) in [7, 11) is 0. The van der Waals surface area contributed by atoms with Gasteiger partial charge in [-0.05, 0) is 35.7 Å². The molecule has 4 heterocycles. The van der Waals surface area contributed by atoms with E-state index in [-0.39, 0.29) is 23.2 Å². The highest BCUT2D eigenvalue weighted by molar-refractivity contribution is 7.17. The Bertz CT molecular complexity index is 992. The number of hydrogen-bond donors (Lipinski definition) is 1. The summed E-state index contributed by atoms with van der Waals surface area (Å²) in [4.78, 5) is 41.8. The van der Waals surface area contributed by atoms with Crippen molar-refractivity contribution in [3.05, 3.63) is 54.7 Å². The molecule has 0 bridgehead atoms. The molecule has 3 aromatic rings. The van der Waals surface area contributed by atoms with Gasteiger partial charge in [-0.1, -0.05) is 0 Å². The number of fused-ring (bicyclic) bond motifs is 1. The van der Waals surface area contributed by atoms with Crippen LogP contribution in [0.25, 0.3) is 10.2 Å². The fourth-order valence-electron chi connectivity index (χ4n) is 3.18. The van der Waals surface area contributed by atoms with E-state index in [1.165, 1.54) is 27.2 Å². The van der Waals surface area contributed by atoms with Crippen LogP contribution in [0.5, 0.6) is 0 Å². The molecule has 4 rings (SSSR count). The number of carbonyl (C=O) groups is 1. The highest BCUT2D eigenvalue weighted by Crippen LogP contribution is 2.23. The molecule has 6 nitrogen and oxygen atoms in total. The zero-order valence-electron chi connectivity index (χ0n) is 12.7. The van der Waals surface area contributed by atoms with Crippen molar-refractivity contribution in [2.45, 2.75) is 18.9 Å². The maximum Gasteiger partial charge on any atom is 0.329 e. The first-order valence-corrected chi connectivity index (χ1v) is 9.51. The summed E-state index contributed by atoms with van der Waals surface area (Å²) >= 11 is 2.84. The maximum atomic E-state index is 12.6. The minimum Gasteiger partial charge on any atom is -0.338 e. The van der Waals surface area contributed by atoms with Gasteiger partial charge >= 0.3 is 5.69 Å². The molecule has 1 N–H and O–H groups in total. The molecule has 0 atom stereocenters. The number of hydrogen-bond acceptors (Lipinski definition) is 5. The number of aromatic amines is 1. The van der Waals surface area contributed by atoms with Gasteiger partial charge in [0.25, 0.3) is 11.5 Å². The highest BCUT2D eigenvalue weighted by atomic mass is 32.1. The average Bonchev–Trinajstić information content (AvgIpc) is 3.26. The monoisotopic (exact) mass is 361 g/mol. The van der Waals surface area contributed by atoms with Crippen molar-refractivity contribution >= 4 is 38.8 Å². The first-order valence-electron chi connectivity index (χ1n) is 7.68. The number of amides is 1. The number of likely N-dealkylation sites (tertiary alicyclic amines) is 1. The van der Waals surface area contributed by atoms with Crippen LogP contribution in [0, 0.1) is 0 Å². The van der Waals surface area contributed by atoms with Crippen molar-refractivity contribution in [2.75, 3.05) is 13.1 Å². The lowest BCUT2D eigenvalue weighted by molar-refractivity contribution is 0.0692. The van der Waals surface area contributed by atoms with E-state index in [2.05, 4.69) is 4.98 Å². The zero-order valence-corrected chi connectivity index (χ0v) is 14.4. The van der Waals surface area contributed by atoms with Gasteiger partial charge in [-0.15, -0.1) is 11.3 Å². The SMILES string of the molecule is O=C(c1ccsc1)N1CCC(n2c(=O)[nH]c3ccsc3c2=O)CC1. The summed E-state index contributed by atoms with van der Waals surface area (Å²) in [5.41, 5.74) is 0.699. The van der Waals surface area contributed by atoms with Crippen molar-refractivity contribution in [1.82, 2.24) is 14.5 Å². The Morgan fingerprint density at radius 3 is 2.67 bits per heavy atom. The molecule has 0 aliphatic carbocycles. The lowest BCUT2D eigenvalue weighted by Gasteiger charge is -2.32. The van der Waals surface area contributed by atoms with Crippen LogP contribution in [-0.4, -0.2) is 33.4 Å². The van der Waals surface area contributed by atoms with Gasteiger partial charge in [0.2, 0.25) is 0 Å². The third kappa shape index (κ3) is 2.51. The van der Waals surface area contributed by atoms with Gasteiger partial charge in [0, 0.05) is 24.5 Å². The molecule has 24 heavy (non-hydrogen) atoms. The molecule has 1 saturated heterocycles. The number of nitrogens with one attached hydrogen (secondary N) is 1. The van der Waals surface area contributed by atoms with E-state index in [9.17, 15) is 14.4 Å². The number of H-pyrrole nitrogens is 1. The molecule has 1 aliphatic rings. The van der Waals surface area contributed by atoms with Gasteiger partial charge in [0.05, 0.1) is 11.1 Å². The third-order valence-corrected chi connectivity index (χ3v) is 6.01. The molecule has 124 valence electrons. The predicted molar refractivity (Wildman–Crippen MR) is 95.2 cm³/mol. The third-order valence-electron chi connectivity index (χ3n) is 4.42. The molecule has 1 fully saturated rings. The van der Waals surface area contributed by atoms with Crippen LogP contribution in [0.2, 0.25) is 0 Å². The average molecular weight is 361 g/mol.